The molecule has 2 fully saturated rings. The fourth-order valence-corrected chi connectivity index (χ4v) is 6.04. The second-order valence-electron chi connectivity index (χ2n) is 12.3. The first-order valence-corrected chi connectivity index (χ1v) is 15.2. The van der Waals surface area contributed by atoms with Gasteiger partial charge in [0, 0.05) is 19.7 Å². The maximum absolute atomic E-state index is 13.9. The van der Waals surface area contributed by atoms with E-state index in [0.717, 1.165) is 36.8 Å². The zero-order chi connectivity index (χ0) is 29.7. The van der Waals surface area contributed by atoms with Gasteiger partial charge in [0.2, 0.25) is 0 Å². The molecule has 2 aromatic carbocycles. The molecule has 0 bridgehead atoms. The molecule has 3 heterocycles. The SMILES string of the molecule is CC(C)(C)OC(=O)N(CCOC1CCCCO1)[C@H]1CC[C@H](C(=O)N2CCc3ccccc3[C@@H]2c2ccc(F)cc2)OC1. The van der Waals surface area contributed by atoms with Gasteiger partial charge >= 0.3 is 6.09 Å². The standard InChI is InChI=1S/C33H43FN2O6/c1-33(2,3)42-32(38)35(19-21-40-29-10-6-7-20-39-29)26-15-16-28(41-22-26)31(37)36-18-17-23-8-4-5-9-27(23)30(36)24-11-13-25(34)14-12-24/h4-5,8-9,11-14,26,28-30H,6-7,10,15-22H2,1-3H3/t26-,28+,29?,30-/m0/s1. The highest BCUT2D eigenvalue weighted by molar-refractivity contribution is 5.82. The number of hydrogen-bond donors (Lipinski definition) is 0. The summed E-state index contributed by atoms with van der Waals surface area (Å²) in [5, 5.41) is 0. The lowest BCUT2D eigenvalue weighted by atomic mass is 9.87. The van der Waals surface area contributed by atoms with Gasteiger partial charge in [-0.2, -0.15) is 0 Å². The molecule has 5 rings (SSSR count). The molecule has 2 amide bonds. The number of halogens is 1. The third-order valence-electron chi connectivity index (χ3n) is 8.12. The van der Waals surface area contributed by atoms with Crippen LogP contribution in [0, 0.1) is 5.82 Å². The number of ether oxygens (including phenoxy) is 4. The Hall–Kier alpha value is -3.01. The van der Waals surface area contributed by atoms with E-state index >= 15 is 0 Å². The molecule has 0 aromatic heterocycles. The van der Waals surface area contributed by atoms with E-state index in [-0.39, 0.29) is 36.7 Å². The Morgan fingerprint density at radius 1 is 1.02 bits per heavy atom. The predicted molar refractivity (Wildman–Crippen MR) is 155 cm³/mol. The van der Waals surface area contributed by atoms with E-state index in [9.17, 15) is 14.0 Å². The van der Waals surface area contributed by atoms with Gasteiger partial charge in [0.1, 0.15) is 17.5 Å². The predicted octanol–water partition coefficient (Wildman–Crippen LogP) is 5.63. The van der Waals surface area contributed by atoms with Crippen molar-refractivity contribution in [2.24, 2.45) is 0 Å². The first-order valence-electron chi connectivity index (χ1n) is 15.2. The van der Waals surface area contributed by atoms with Gasteiger partial charge in [0.15, 0.2) is 6.29 Å². The highest BCUT2D eigenvalue weighted by Crippen LogP contribution is 2.36. The molecule has 8 nitrogen and oxygen atoms in total. The van der Waals surface area contributed by atoms with E-state index in [4.69, 9.17) is 18.9 Å². The molecule has 3 aliphatic heterocycles. The topological polar surface area (TPSA) is 77.5 Å². The van der Waals surface area contributed by atoms with Crippen LogP contribution < -0.4 is 0 Å². The number of hydrogen-bond acceptors (Lipinski definition) is 6. The Bertz CT molecular complexity index is 1200. The molecule has 4 atom stereocenters. The van der Waals surface area contributed by atoms with Crippen LogP contribution in [0.25, 0.3) is 0 Å². The van der Waals surface area contributed by atoms with Crippen LogP contribution in [0.3, 0.4) is 0 Å². The van der Waals surface area contributed by atoms with Gasteiger partial charge in [-0.1, -0.05) is 36.4 Å². The van der Waals surface area contributed by atoms with Crippen molar-refractivity contribution in [3.05, 3.63) is 71.0 Å². The Balaban J connectivity index is 1.26. The smallest absolute Gasteiger partial charge is 0.410 e. The summed E-state index contributed by atoms with van der Waals surface area (Å²) in [7, 11) is 0. The maximum Gasteiger partial charge on any atom is 0.410 e. The number of amides is 2. The van der Waals surface area contributed by atoms with Crippen LogP contribution in [0.4, 0.5) is 9.18 Å². The zero-order valence-electron chi connectivity index (χ0n) is 24.9. The molecule has 42 heavy (non-hydrogen) atoms. The van der Waals surface area contributed by atoms with E-state index < -0.39 is 17.8 Å². The molecular formula is C33H43FN2O6. The summed E-state index contributed by atoms with van der Waals surface area (Å²) in [6.07, 6.45) is 3.49. The highest BCUT2D eigenvalue weighted by atomic mass is 19.1. The lowest BCUT2D eigenvalue weighted by molar-refractivity contribution is -0.166. The molecule has 228 valence electrons. The van der Waals surface area contributed by atoms with Crippen LogP contribution in [0.1, 0.15) is 75.6 Å². The van der Waals surface area contributed by atoms with Crippen LogP contribution in [0.2, 0.25) is 0 Å². The Kier molecular flexibility index (Phi) is 9.81. The molecule has 1 unspecified atom stereocenters. The van der Waals surface area contributed by atoms with Gasteiger partial charge in [-0.05, 0) is 88.1 Å². The summed E-state index contributed by atoms with van der Waals surface area (Å²) in [6.45, 7) is 7.66. The van der Waals surface area contributed by atoms with Crippen molar-refractivity contribution < 1.29 is 32.9 Å². The summed E-state index contributed by atoms with van der Waals surface area (Å²) in [4.78, 5) is 30.7. The summed E-state index contributed by atoms with van der Waals surface area (Å²) in [5.74, 6) is -0.396. The lowest BCUT2D eigenvalue weighted by Crippen LogP contribution is -2.53. The van der Waals surface area contributed by atoms with Crippen molar-refractivity contribution in [3.63, 3.8) is 0 Å². The fraction of sp³-hybridized carbons (Fsp3) is 0.576. The Morgan fingerprint density at radius 3 is 2.50 bits per heavy atom. The molecule has 0 saturated carbocycles. The van der Waals surface area contributed by atoms with Crippen molar-refractivity contribution >= 4 is 12.0 Å². The van der Waals surface area contributed by atoms with E-state index in [2.05, 4.69) is 6.07 Å². The third-order valence-corrected chi connectivity index (χ3v) is 8.12. The highest BCUT2D eigenvalue weighted by Gasteiger charge is 2.39. The number of rotatable bonds is 7. The van der Waals surface area contributed by atoms with Gasteiger partial charge in [-0.15, -0.1) is 0 Å². The van der Waals surface area contributed by atoms with Gasteiger partial charge in [-0.3, -0.25) is 4.79 Å². The summed E-state index contributed by atoms with van der Waals surface area (Å²) in [5.41, 5.74) is 2.46. The zero-order valence-corrected chi connectivity index (χ0v) is 24.9. The van der Waals surface area contributed by atoms with E-state index in [1.54, 1.807) is 17.0 Å². The number of benzene rings is 2. The van der Waals surface area contributed by atoms with Crippen molar-refractivity contribution in [3.8, 4) is 0 Å². The van der Waals surface area contributed by atoms with Gasteiger partial charge in [0.25, 0.3) is 5.91 Å². The molecule has 9 heteroatoms. The Labute approximate surface area is 248 Å². The minimum absolute atomic E-state index is 0.0844. The van der Waals surface area contributed by atoms with E-state index in [1.807, 2.05) is 43.9 Å². The number of fused-ring (bicyclic) bond motifs is 1. The fourth-order valence-electron chi connectivity index (χ4n) is 6.04. The molecule has 3 aliphatic rings. The van der Waals surface area contributed by atoms with Crippen molar-refractivity contribution in [2.45, 2.75) is 89.4 Å². The molecule has 0 spiro atoms. The number of nitrogens with zero attached hydrogens (tertiary/aromatic N) is 2. The second-order valence-corrected chi connectivity index (χ2v) is 12.3. The molecule has 2 aromatic rings. The molecule has 0 radical (unpaired) electrons. The van der Waals surface area contributed by atoms with Crippen molar-refractivity contribution in [1.29, 1.82) is 0 Å². The van der Waals surface area contributed by atoms with Gasteiger partial charge in [0.05, 0.1) is 25.3 Å². The van der Waals surface area contributed by atoms with Gasteiger partial charge < -0.3 is 28.7 Å². The van der Waals surface area contributed by atoms with E-state index in [0.29, 0.717) is 39.1 Å². The minimum atomic E-state index is -0.642. The van der Waals surface area contributed by atoms with Crippen LogP contribution in [0.5, 0.6) is 0 Å². The quantitative estimate of drug-likeness (QED) is 0.421. The maximum atomic E-state index is 13.9. The third kappa shape index (κ3) is 7.49. The summed E-state index contributed by atoms with van der Waals surface area (Å²) < 4.78 is 37.3. The largest absolute Gasteiger partial charge is 0.444 e. The normalized spacial score (nSPS) is 24.5. The lowest BCUT2D eigenvalue weighted by Gasteiger charge is -2.42. The average Bonchev–Trinajstić information content (AvgIpc) is 2.99. The second kappa shape index (κ2) is 13.5. The molecule has 0 aliphatic carbocycles. The van der Waals surface area contributed by atoms with Crippen LogP contribution in [0.15, 0.2) is 48.5 Å². The monoisotopic (exact) mass is 582 g/mol. The van der Waals surface area contributed by atoms with Crippen molar-refractivity contribution in [2.75, 3.05) is 32.9 Å². The van der Waals surface area contributed by atoms with Gasteiger partial charge in [-0.25, -0.2) is 9.18 Å². The summed E-state index contributed by atoms with van der Waals surface area (Å²) in [6, 6.07) is 13.9. The van der Waals surface area contributed by atoms with Crippen LogP contribution >= 0.6 is 0 Å². The average molecular weight is 583 g/mol. The molecule has 0 N–H and O–H groups in total. The first kappa shape index (κ1) is 30.4. The molecular weight excluding hydrogens is 539 g/mol. The minimum Gasteiger partial charge on any atom is -0.444 e. The van der Waals surface area contributed by atoms with Crippen LogP contribution in [-0.2, 0) is 30.2 Å². The van der Waals surface area contributed by atoms with Crippen molar-refractivity contribution in [1.82, 2.24) is 9.80 Å². The molecule has 2 saturated heterocycles. The van der Waals surface area contributed by atoms with Crippen LogP contribution in [-0.4, -0.2) is 78.7 Å². The first-order chi connectivity index (χ1) is 20.2. The summed E-state index contributed by atoms with van der Waals surface area (Å²) >= 11 is 0. The van der Waals surface area contributed by atoms with E-state index in [1.165, 1.54) is 17.7 Å². The Morgan fingerprint density at radius 2 is 1.81 bits per heavy atom. The number of carbonyl (C=O) groups is 2. The number of carbonyl (C=O) groups excluding carboxylic acids is 2.